The van der Waals surface area contributed by atoms with Gasteiger partial charge in [-0.25, -0.2) is 4.98 Å². The lowest BCUT2D eigenvalue weighted by atomic mass is 9.85. The first-order valence-corrected chi connectivity index (χ1v) is 14.6. The second kappa shape index (κ2) is 14.0. The van der Waals surface area contributed by atoms with Crippen LogP contribution in [0.15, 0.2) is 29.8 Å². The lowest BCUT2D eigenvalue weighted by molar-refractivity contribution is -0.144. The van der Waals surface area contributed by atoms with E-state index in [4.69, 9.17) is 5.73 Å². The zero-order chi connectivity index (χ0) is 28.6. The summed E-state index contributed by atoms with van der Waals surface area (Å²) in [6, 6.07) is 6.62. The number of amides is 3. The number of aliphatic hydroxyl groups is 1. The first-order chi connectivity index (χ1) is 18.5. The predicted octanol–water partition coefficient (Wildman–Crippen LogP) is 2.79. The van der Waals surface area contributed by atoms with Crippen LogP contribution in [-0.4, -0.2) is 70.5 Å². The van der Waals surface area contributed by atoms with Gasteiger partial charge in [-0.05, 0) is 49.3 Å². The second-order valence-corrected chi connectivity index (χ2v) is 12.2. The SMILES string of the molecule is Cc1ncsc1-c1ccc(CCNC(=O)[C@@H]2C[C@H](O)CN2C(=O)[C@@H](NC(=O)CCCCCN)C(C)(C)C)cc1. The maximum atomic E-state index is 13.6. The van der Waals surface area contributed by atoms with Gasteiger partial charge in [0.15, 0.2) is 0 Å². The van der Waals surface area contributed by atoms with Gasteiger partial charge in [-0.2, -0.15) is 0 Å². The molecule has 0 bridgehead atoms. The van der Waals surface area contributed by atoms with Crippen molar-refractivity contribution >= 4 is 29.1 Å². The summed E-state index contributed by atoms with van der Waals surface area (Å²) in [5.74, 6) is -0.835. The highest BCUT2D eigenvalue weighted by Crippen LogP contribution is 2.28. The van der Waals surface area contributed by atoms with E-state index in [1.807, 2.05) is 45.3 Å². The molecule has 3 atom stereocenters. The molecule has 9 nitrogen and oxygen atoms in total. The first-order valence-electron chi connectivity index (χ1n) is 13.8. The second-order valence-electron chi connectivity index (χ2n) is 11.4. The molecule has 1 aromatic heterocycles. The van der Waals surface area contributed by atoms with Gasteiger partial charge in [-0.15, -0.1) is 11.3 Å². The summed E-state index contributed by atoms with van der Waals surface area (Å²) >= 11 is 1.61. The Morgan fingerprint density at radius 3 is 2.51 bits per heavy atom. The highest BCUT2D eigenvalue weighted by Gasteiger charge is 2.44. The van der Waals surface area contributed by atoms with Crippen molar-refractivity contribution < 1.29 is 19.5 Å². The molecular weight excluding hydrogens is 514 g/mol. The van der Waals surface area contributed by atoms with E-state index in [1.165, 1.54) is 4.90 Å². The zero-order valence-electron chi connectivity index (χ0n) is 23.5. The largest absolute Gasteiger partial charge is 0.391 e. The van der Waals surface area contributed by atoms with Crippen molar-refractivity contribution in [2.45, 2.75) is 84.4 Å². The fourth-order valence-electron chi connectivity index (χ4n) is 4.81. The van der Waals surface area contributed by atoms with Gasteiger partial charge in [0, 0.05) is 25.9 Å². The van der Waals surface area contributed by atoms with Crippen LogP contribution < -0.4 is 16.4 Å². The molecule has 1 aliphatic heterocycles. The van der Waals surface area contributed by atoms with Gasteiger partial charge in [0.25, 0.3) is 0 Å². The van der Waals surface area contributed by atoms with E-state index in [-0.39, 0.29) is 30.7 Å². The minimum atomic E-state index is -0.805. The Labute approximate surface area is 235 Å². The van der Waals surface area contributed by atoms with Gasteiger partial charge in [-0.1, -0.05) is 51.5 Å². The molecule has 0 spiro atoms. The Morgan fingerprint density at radius 1 is 1.18 bits per heavy atom. The van der Waals surface area contributed by atoms with Crippen molar-refractivity contribution in [3.8, 4) is 10.4 Å². The molecule has 2 heterocycles. The van der Waals surface area contributed by atoms with Crippen molar-refractivity contribution in [3.05, 3.63) is 41.0 Å². The molecule has 1 aromatic carbocycles. The van der Waals surface area contributed by atoms with E-state index < -0.39 is 23.6 Å². The monoisotopic (exact) mass is 557 g/mol. The maximum absolute atomic E-state index is 13.6. The molecule has 0 unspecified atom stereocenters. The molecular formula is C29H43N5O4S. The lowest BCUT2D eigenvalue weighted by Crippen LogP contribution is -2.57. The lowest BCUT2D eigenvalue weighted by Gasteiger charge is -2.35. The van der Waals surface area contributed by atoms with E-state index in [1.54, 1.807) is 11.3 Å². The van der Waals surface area contributed by atoms with Crippen LogP contribution in [0, 0.1) is 12.3 Å². The number of β-amino-alcohol motifs (C(OH)–C–C–N with tert-alkyl or cyclic N) is 1. The van der Waals surface area contributed by atoms with Crippen LogP contribution in [0.1, 0.15) is 64.1 Å². The quantitative estimate of drug-likeness (QED) is 0.296. The standard InChI is InChI=1S/C29H43N5O4S/c1-19-25(39-18-32-19)21-11-9-20(10-12-21)13-15-31-27(37)23-16-22(35)17-34(23)28(38)26(29(2,3)4)33-24(36)8-6-5-7-14-30/h9-12,18,22-23,26,35H,5-8,13-17,30H2,1-4H3,(H,31,37)(H,33,36)/t22-,23-,26+/m0/s1. The number of rotatable bonds is 12. The summed E-state index contributed by atoms with van der Waals surface area (Å²) < 4.78 is 0. The Bertz CT molecular complexity index is 1110. The van der Waals surface area contributed by atoms with Gasteiger partial charge in [0.1, 0.15) is 12.1 Å². The van der Waals surface area contributed by atoms with Crippen LogP contribution in [0.25, 0.3) is 10.4 Å². The minimum Gasteiger partial charge on any atom is -0.391 e. The van der Waals surface area contributed by atoms with Gasteiger partial charge in [0.05, 0.1) is 22.2 Å². The average molecular weight is 558 g/mol. The predicted molar refractivity (Wildman–Crippen MR) is 154 cm³/mol. The van der Waals surface area contributed by atoms with Gasteiger partial charge < -0.3 is 26.4 Å². The molecule has 1 aliphatic rings. The Balaban J connectivity index is 1.58. The van der Waals surface area contributed by atoms with Gasteiger partial charge in [0.2, 0.25) is 17.7 Å². The first kappa shape index (κ1) is 30.7. The number of benzene rings is 1. The van der Waals surface area contributed by atoms with E-state index in [0.29, 0.717) is 32.4 Å². The Morgan fingerprint density at radius 2 is 1.90 bits per heavy atom. The molecule has 1 fully saturated rings. The fraction of sp³-hybridized carbons (Fsp3) is 0.586. The summed E-state index contributed by atoms with van der Waals surface area (Å²) in [6.45, 7) is 8.70. The third kappa shape index (κ3) is 8.58. The molecule has 1 saturated heterocycles. The number of nitrogens with one attached hydrogen (secondary N) is 2. The summed E-state index contributed by atoms with van der Waals surface area (Å²) in [6.07, 6.45) is 2.75. The number of aliphatic hydroxyl groups excluding tert-OH is 1. The van der Waals surface area contributed by atoms with Gasteiger partial charge in [-0.3, -0.25) is 14.4 Å². The molecule has 214 valence electrons. The van der Waals surface area contributed by atoms with Crippen molar-refractivity contribution in [2.75, 3.05) is 19.6 Å². The van der Waals surface area contributed by atoms with Crippen LogP contribution >= 0.6 is 11.3 Å². The van der Waals surface area contributed by atoms with E-state index >= 15 is 0 Å². The van der Waals surface area contributed by atoms with Crippen LogP contribution in [0.3, 0.4) is 0 Å². The average Bonchev–Trinajstić information content (AvgIpc) is 3.50. The minimum absolute atomic E-state index is 0.0638. The van der Waals surface area contributed by atoms with Crippen LogP contribution in [0.5, 0.6) is 0 Å². The smallest absolute Gasteiger partial charge is 0.246 e. The number of carbonyl (C=O) groups is 3. The summed E-state index contributed by atoms with van der Waals surface area (Å²) in [4.78, 5) is 46.2. The molecule has 0 radical (unpaired) electrons. The summed E-state index contributed by atoms with van der Waals surface area (Å²) in [5.41, 5.74) is 10.0. The molecule has 3 amide bonds. The highest BCUT2D eigenvalue weighted by molar-refractivity contribution is 7.13. The van der Waals surface area contributed by atoms with E-state index in [2.05, 4.69) is 27.8 Å². The van der Waals surface area contributed by atoms with Crippen LogP contribution in [-0.2, 0) is 20.8 Å². The number of aryl methyl sites for hydroxylation is 1. The van der Waals surface area contributed by atoms with Crippen molar-refractivity contribution in [2.24, 2.45) is 11.1 Å². The summed E-state index contributed by atoms with van der Waals surface area (Å²) in [5, 5.41) is 16.2. The summed E-state index contributed by atoms with van der Waals surface area (Å²) in [7, 11) is 0. The highest BCUT2D eigenvalue weighted by atomic mass is 32.1. The molecule has 2 aromatic rings. The Kier molecular flexibility index (Phi) is 11.0. The number of aromatic nitrogens is 1. The van der Waals surface area contributed by atoms with Crippen molar-refractivity contribution in [1.82, 2.24) is 20.5 Å². The van der Waals surface area contributed by atoms with Crippen LogP contribution in [0.4, 0.5) is 0 Å². The number of nitrogens with zero attached hydrogens (tertiary/aromatic N) is 2. The van der Waals surface area contributed by atoms with E-state index in [0.717, 1.165) is 34.5 Å². The van der Waals surface area contributed by atoms with Crippen molar-refractivity contribution in [1.29, 1.82) is 0 Å². The number of thiazole rings is 1. The van der Waals surface area contributed by atoms with Crippen LogP contribution in [0.2, 0.25) is 0 Å². The third-order valence-electron chi connectivity index (χ3n) is 7.07. The number of likely N-dealkylation sites (tertiary alicyclic amines) is 1. The topological polar surface area (TPSA) is 138 Å². The molecule has 10 heteroatoms. The molecule has 0 saturated carbocycles. The normalized spacial score (nSPS) is 18.2. The number of hydrogen-bond acceptors (Lipinski definition) is 7. The number of unbranched alkanes of at least 4 members (excludes halogenated alkanes) is 2. The Hall–Kier alpha value is -2.82. The maximum Gasteiger partial charge on any atom is 0.246 e. The molecule has 5 N–H and O–H groups in total. The number of carbonyl (C=O) groups excluding carboxylic acids is 3. The van der Waals surface area contributed by atoms with Gasteiger partial charge >= 0.3 is 0 Å². The van der Waals surface area contributed by atoms with E-state index in [9.17, 15) is 19.5 Å². The third-order valence-corrected chi connectivity index (χ3v) is 8.04. The molecule has 3 rings (SSSR count). The zero-order valence-corrected chi connectivity index (χ0v) is 24.4. The molecule has 0 aliphatic carbocycles. The molecule has 39 heavy (non-hydrogen) atoms. The number of hydrogen-bond donors (Lipinski definition) is 4. The van der Waals surface area contributed by atoms with Crippen molar-refractivity contribution in [3.63, 3.8) is 0 Å². The number of nitrogens with two attached hydrogens (primary N) is 1. The fourth-order valence-corrected chi connectivity index (χ4v) is 5.62.